The molecule has 1 aromatic carbocycles. The minimum Gasteiger partial charge on any atom is -0.292 e. The molecule has 0 bridgehead atoms. The van der Waals surface area contributed by atoms with E-state index in [-0.39, 0.29) is 0 Å². The van der Waals surface area contributed by atoms with E-state index in [1.54, 1.807) is 12.3 Å². The minimum absolute atomic E-state index is 0.306. The Morgan fingerprint density at radius 1 is 1.14 bits per heavy atom. The first-order valence-corrected chi connectivity index (χ1v) is 7.32. The van der Waals surface area contributed by atoms with E-state index < -0.39 is 11.6 Å². The van der Waals surface area contributed by atoms with E-state index >= 15 is 0 Å². The lowest BCUT2D eigenvalue weighted by Gasteiger charge is -2.36. The number of halogens is 2. The molecule has 1 atom stereocenters. The number of rotatable bonds is 3. The number of benzene rings is 1. The highest BCUT2D eigenvalue weighted by Gasteiger charge is 2.24. The van der Waals surface area contributed by atoms with E-state index in [9.17, 15) is 8.78 Å². The van der Waals surface area contributed by atoms with Gasteiger partial charge in [-0.1, -0.05) is 18.6 Å². The fraction of sp³-hybridized carbons (Fsp3) is 0.353. The molecule has 1 fully saturated rings. The summed E-state index contributed by atoms with van der Waals surface area (Å²) in [6.45, 7) is 1.61. The molecule has 2 heterocycles. The van der Waals surface area contributed by atoms with Crippen molar-refractivity contribution in [3.8, 4) is 0 Å². The Kier molecular flexibility index (Phi) is 4.25. The van der Waals surface area contributed by atoms with Gasteiger partial charge in [-0.2, -0.15) is 0 Å². The van der Waals surface area contributed by atoms with Gasteiger partial charge in [0.2, 0.25) is 0 Å². The summed E-state index contributed by atoms with van der Waals surface area (Å²) in [4.78, 5) is 6.52. The van der Waals surface area contributed by atoms with Gasteiger partial charge in [0.05, 0.1) is 0 Å². The van der Waals surface area contributed by atoms with Crippen molar-refractivity contribution < 1.29 is 8.78 Å². The molecule has 110 valence electrons. The molecular weight excluding hydrogens is 270 g/mol. The molecule has 0 amide bonds. The highest BCUT2D eigenvalue weighted by Crippen LogP contribution is 2.31. The lowest BCUT2D eigenvalue weighted by Crippen LogP contribution is -2.33. The summed E-state index contributed by atoms with van der Waals surface area (Å²) >= 11 is 0. The van der Waals surface area contributed by atoms with Crippen molar-refractivity contribution in [1.82, 2.24) is 9.88 Å². The maximum atomic E-state index is 13.3. The normalized spacial score (nSPS) is 19.6. The number of nitrogens with zero attached hydrogens (tertiary/aromatic N) is 2. The van der Waals surface area contributed by atoms with Crippen LogP contribution in [0.2, 0.25) is 0 Å². The third-order valence-corrected chi connectivity index (χ3v) is 4.05. The summed E-state index contributed by atoms with van der Waals surface area (Å²) in [5.74, 6) is -1.57. The lowest BCUT2D eigenvalue weighted by atomic mass is 9.96. The molecule has 1 saturated heterocycles. The zero-order valence-electron chi connectivity index (χ0n) is 11.8. The number of piperidine rings is 1. The minimum atomic E-state index is -0.791. The molecule has 4 heteroatoms. The van der Waals surface area contributed by atoms with Crippen LogP contribution in [0.3, 0.4) is 0 Å². The first-order chi connectivity index (χ1) is 10.2. The van der Waals surface area contributed by atoms with Gasteiger partial charge in [0.15, 0.2) is 11.6 Å². The quantitative estimate of drug-likeness (QED) is 0.845. The fourth-order valence-corrected chi connectivity index (χ4v) is 3.00. The summed E-state index contributed by atoms with van der Waals surface area (Å²) in [7, 11) is 0. The Bertz CT molecular complexity index is 601. The number of hydrogen-bond acceptors (Lipinski definition) is 2. The van der Waals surface area contributed by atoms with E-state index in [0.29, 0.717) is 12.6 Å². The summed E-state index contributed by atoms with van der Waals surface area (Å²) < 4.78 is 26.4. The van der Waals surface area contributed by atoms with Gasteiger partial charge in [-0.15, -0.1) is 0 Å². The van der Waals surface area contributed by atoms with Gasteiger partial charge in [0.25, 0.3) is 0 Å². The van der Waals surface area contributed by atoms with Crippen molar-refractivity contribution in [2.75, 3.05) is 6.54 Å². The van der Waals surface area contributed by atoms with Crippen LogP contribution in [0.25, 0.3) is 0 Å². The van der Waals surface area contributed by atoms with Gasteiger partial charge in [0, 0.05) is 25.0 Å². The monoisotopic (exact) mass is 288 g/mol. The number of pyridine rings is 1. The molecule has 1 aliphatic rings. The largest absolute Gasteiger partial charge is 0.292 e. The van der Waals surface area contributed by atoms with Crippen molar-refractivity contribution in [3.63, 3.8) is 0 Å². The molecule has 2 aromatic rings. The van der Waals surface area contributed by atoms with Crippen LogP contribution in [0.5, 0.6) is 0 Å². The predicted molar refractivity (Wildman–Crippen MR) is 77.6 cm³/mol. The summed E-state index contributed by atoms with van der Waals surface area (Å²) in [5.41, 5.74) is 2.00. The van der Waals surface area contributed by atoms with Gasteiger partial charge in [0.1, 0.15) is 0 Å². The molecule has 21 heavy (non-hydrogen) atoms. The standard InChI is InChI=1S/C17H18F2N2/c18-15-7-6-13(10-16(15)19)12-21-9-2-1-5-17(21)14-4-3-8-20-11-14/h3-4,6-8,10-11,17H,1-2,5,9,12H2. The molecule has 3 rings (SSSR count). The summed E-state index contributed by atoms with van der Waals surface area (Å²) in [6.07, 6.45) is 7.07. The molecule has 0 aliphatic carbocycles. The molecule has 1 aliphatic heterocycles. The molecule has 0 radical (unpaired) electrons. The Balaban J connectivity index is 1.79. The molecular formula is C17H18F2N2. The van der Waals surface area contributed by atoms with E-state index in [2.05, 4.69) is 16.0 Å². The molecule has 1 unspecified atom stereocenters. The highest BCUT2D eigenvalue weighted by atomic mass is 19.2. The predicted octanol–water partition coefficient (Wildman–Crippen LogP) is 4.09. The Labute approximate surface area is 123 Å². The van der Waals surface area contributed by atoms with Crippen LogP contribution < -0.4 is 0 Å². The highest BCUT2D eigenvalue weighted by molar-refractivity contribution is 5.20. The maximum absolute atomic E-state index is 13.3. The average Bonchev–Trinajstić information content (AvgIpc) is 2.52. The second-order valence-electron chi connectivity index (χ2n) is 5.52. The third kappa shape index (κ3) is 3.27. The van der Waals surface area contributed by atoms with Gasteiger partial charge in [-0.3, -0.25) is 9.88 Å². The van der Waals surface area contributed by atoms with Gasteiger partial charge < -0.3 is 0 Å². The molecule has 0 spiro atoms. The topological polar surface area (TPSA) is 16.1 Å². The van der Waals surface area contributed by atoms with Crippen LogP contribution >= 0.6 is 0 Å². The Morgan fingerprint density at radius 2 is 2.05 bits per heavy atom. The van der Waals surface area contributed by atoms with Crippen molar-refractivity contribution in [3.05, 3.63) is 65.5 Å². The molecule has 0 saturated carbocycles. The second kappa shape index (κ2) is 6.31. The summed E-state index contributed by atoms with van der Waals surface area (Å²) in [5, 5.41) is 0. The van der Waals surface area contributed by atoms with Crippen LogP contribution in [0.15, 0.2) is 42.7 Å². The van der Waals surface area contributed by atoms with Crippen LogP contribution in [-0.2, 0) is 6.54 Å². The van der Waals surface area contributed by atoms with E-state index in [1.165, 1.54) is 24.1 Å². The molecule has 1 aromatic heterocycles. The van der Waals surface area contributed by atoms with E-state index in [4.69, 9.17) is 0 Å². The third-order valence-electron chi connectivity index (χ3n) is 4.05. The van der Waals surface area contributed by atoms with Gasteiger partial charge >= 0.3 is 0 Å². The van der Waals surface area contributed by atoms with Gasteiger partial charge in [-0.05, 0) is 48.7 Å². The SMILES string of the molecule is Fc1ccc(CN2CCCCC2c2cccnc2)cc1F. The molecule has 2 nitrogen and oxygen atoms in total. The molecule has 0 N–H and O–H groups in total. The summed E-state index contributed by atoms with van der Waals surface area (Å²) in [6, 6.07) is 8.49. The lowest BCUT2D eigenvalue weighted by molar-refractivity contribution is 0.140. The smallest absolute Gasteiger partial charge is 0.159 e. The van der Waals surface area contributed by atoms with Crippen molar-refractivity contribution in [1.29, 1.82) is 0 Å². The van der Waals surface area contributed by atoms with Crippen LogP contribution in [0, 0.1) is 11.6 Å². The van der Waals surface area contributed by atoms with Gasteiger partial charge in [-0.25, -0.2) is 8.78 Å². The number of likely N-dealkylation sites (tertiary alicyclic amines) is 1. The van der Waals surface area contributed by atoms with E-state index in [1.807, 2.05) is 12.3 Å². The first-order valence-electron chi connectivity index (χ1n) is 7.32. The van der Waals surface area contributed by atoms with Crippen LogP contribution in [0.1, 0.15) is 36.4 Å². The Morgan fingerprint density at radius 3 is 2.81 bits per heavy atom. The zero-order chi connectivity index (χ0) is 14.7. The fourth-order valence-electron chi connectivity index (χ4n) is 3.00. The van der Waals surface area contributed by atoms with Crippen LogP contribution in [-0.4, -0.2) is 16.4 Å². The second-order valence-corrected chi connectivity index (χ2v) is 5.52. The number of aromatic nitrogens is 1. The van der Waals surface area contributed by atoms with E-state index in [0.717, 1.165) is 24.9 Å². The van der Waals surface area contributed by atoms with Crippen molar-refractivity contribution in [2.45, 2.75) is 31.8 Å². The van der Waals surface area contributed by atoms with Crippen LogP contribution in [0.4, 0.5) is 8.78 Å². The Hall–Kier alpha value is -1.81. The first kappa shape index (κ1) is 14.1. The average molecular weight is 288 g/mol. The zero-order valence-corrected chi connectivity index (χ0v) is 11.8. The van der Waals surface area contributed by atoms with Crippen molar-refractivity contribution in [2.24, 2.45) is 0 Å². The number of hydrogen-bond donors (Lipinski definition) is 0. The van der Waals surface area contributed by atoms with Crippen molar-refractivity contribution >= 4 is 0 Å². The maximum Gasteiger partial charge on any atom is 0.159 e.